The molecule has 1 aliphatic rings. The van der Waals surface area contributed by atoms with Gasteiger partial charge in [-0.15, -0.1) is 0 Å². The van der Waals surface area contributed by atoms with Crippen molar-refractivity contribution in [1.29, 1.82) is 0 Å². The Morgan fingerprint density at radius 1 is 1.50 bits per heavy atom. The minimum Gasteiger partial charge on any atom is -0.375 e. The summed E-state index contributed by atoms with van der Waals surface area (Å²) in [5.74, 6) is 0.00390. The summed E-state index contributed by atoms with van der Waals surface area (Å²) >= 11 is 0. The highest BCUT2D eigenvalue weighted by molar-refractivity contribution is 5.76. The van der Waals surface area contributed by atoms with E-state index in [9.17, 15) is 13.6 Å². The Hall–Kier alpha value is -0.750. The third kappa shape index (κ3) is 5.27. The number of nitrogens with one attached hydrogen (secondary N) is 1. The van der Waals surface area contributed by atoms with Crippen LogP contribution >= 0.6 is 0 Å². The number of amides is 1. The van der Waals surface area contributed by atoms with Gasteiger partial charge in [0.05, 0.1) is 13.0 Å². The quantitative estimate of drug-likeness (QED) is 0.704. The van der Waals surface area contributed by atoms with Gasteiger partial charge >= 0.3 is 0 Å². The maximum Gasteiger partial charge on any atom is 0.261 e. The second-order valence-corrected chi connectivity index (χ2v) is 4.51. The van der Waals surface area contributed by atoms with E-state index in [0.29, 0.717) is 0 Å². The first-order valence-electron chi connectivity index (χ1n) is 6.45. The Bertz CT molecular complexity index is 250. The summed E-state index contributed by atoms with van der Waals surface area (Å²) in [4.78, 5) is 13.8. The van der Waals surface area contributed by atoms with Crippen molar-refractivity contribution in [2.24, 2.45) is 0 Å². The van der Waals surface area contributed by atoms with Gasteiger partial charge in [-0.2, -0.15) is 0 Å². The number of hydrogen-bond donors (Lipinski definition) is 1. The molecule has 0 aromatic heterocycles. The number of hydrogen-bond acceptors (Lipinski definition) is 3. The van der Waals surface area contributed by atoms with Crippen LogP contribution in [-0.2, 0) is 9.53 Å². The third-order valence-corrected chi connectivity index (χ3v) is 3.09. The second kappa shape index (κ2) is 8.37. The number of ether oxygens (including phenoxy) is 1. The number of carbonyl (C=O) groups is 1. The van der Waals surface area contributed by atoms with Crippen molar-refractivity contribution in [1.82, 2.24) is 10.2 Å². The highest BCUT2D eigenvalue weighted by atomic mass is 19.3. The largest absolute Gasteiger partial charge is 0.375 e. The Morgan fingerprint density at radius 3 is 2.94 bits per heavy atom. The number of likely N-dealkylation sites (tertiary alicyclic amines) is 1. The van der Waals surface area contributed by atoms with Crippen LogP contribution in [0.3, 0.4) is 0 Å². The maximum absolute atomic E-state index is 12.0. The van der Waals surface area contributed by atoms with E-state index in [2.05, 4.69) is 5.32 Å². The highest BCUT2D eigenvalue weighted by Crippen LogP contribution is 2.17. The molecule has 106 valence electrons. The van der Waals surface area contributed by atoms with Crippen LogP contribution in [0.1, 0.15) is 25.7 Å². The third-order valence-electron chi connectivity index (χ3n) is 3.09. The van der Waals surface area contributed by atoms with Gasteiger partial charge in [-0.1, -0.05) is 0 Å². The number of alkyl halides is 2. The first-order chi connectivity index (χ1) is 8.65. The van der Waals surface area contributed by atoms with Crippen LogP contribution in [0.2, 0.25) is 0 Å². The molecule has 1 rings (SSSR count). The van der Waals surface area contributed by atoms with E-state index in [1.165, 1.54) is 0 Å². The van der Waals surface area contributed by atoms with Gasteiger partial charge in [0, 0.05) is 19.1 Å². The molecule has 1 heterocycles. The molecule has 1 atom stereocenters. The van der Waals surface area contributed by atoms with Crippen molar-refractivity contribution in [3.8, 4) is 0 Å². The lowest BCUT2D eigenvalue weighted by Crippen LogP contribution is -2.48. The fraction of sp³-hybridized carbons (Fsp3) is 0.917. The van der Waals surface area contributed by atoms with E-state index in [-0.39, 0.29) is 25.0 Å². The van der Waals surface area contributed by atoms with Gasteiger partial charge in [0.25, 0.3) is 6.43 Å². The standard InChI is InChI=1S/C12H22F2N2O2/c1-15-8-10-4-2-3-6-16(10)12(17)5-7-18-9-11(13)14/h10-11,15H,2-9H2,1H3. The molecule has 0 radical (unpaired) electrons. The van der Waals surface area contributed by atoms with Gasteiger partial charge in [-0.3, -0.25) is 4.79 Å². The molecular formula is C12H22F2N2O2. The number of likely N-dealkylation sites (N-methyl/N-ethyl adjacent to an activating group) is 1. The van der Waals surface area contributed by atoms with Gasteiger partial charge in [0.15, 0.2) is 0 Å². The Morgan fingerprint density at radius 2 is 2.28 bits per heavy atom. The zero-order chi connectivity index (χ0) is 13.4. The second-order valence-electron chi connectivity index (χ2n) is 4.51. The van der Waals surface area contributed by atoms with Gasteiger partial charge in [0.1, 0.15) is 6.61 Å². The maximum atomic E-state index is 12.0. The van der Waals surface area contributed by atoms with E-state index in [4.69, 9.17) is 4.74 Å². The number of piperidine rings is 1. The van der Waals surface area contributed by atoms with Gasteiger partial charge < -0.3 is 15.0 Å². The Kier molecular flexibility index (Phi) is 7.12. The van der Waals surface area contributed by atoms with Crippen molar-refractivity contribution in [2.75, 3.05) is 33.4 Å². The molecule has 1 fully saturated rings. The lowest BCUT2D eigenvalue weighted by atomic mass is 10.0. The first kappa shape index (κ1) is 15.3. The van der Waals surface area contributed by atoms with Crippen LogP contribution in [-0.4, -0.2) is 56.6 Å². The van der Waals surface area contributed by atoms with Crippen LogP contribution in [0, 0.1) is 0 Å². The number of rotatable bonds is 7. The first-order valence-corrected chi connectivity index (χ1v) is 6.45. The Labute approximate surface area is 107 Å². The van der Waals surface area contributed by atoms with Crippen molar-refractivity contribution in [2.45, 2.75) is 38.2 Å². The lowest BCUT2D eigenvalue weighted by molar-refractivity contribution is -0.136. The lowest BCUT2D eigenvalue weighted by Gasteiger charge is -2.35. The van der Waals surface area contributed by atoms with E-state index in [1.54, 1.807) is 0 Å². The summed E-state index contributed by atoms with van der Waals surface area (Å²) in [5, 5.41) is 3.08. The summed E-state index contributed by atoms with van der Waals surface area (Å²) in [6.07, 6.45) is 0.881. The molecule has 1 amide bonds. The molecule has 1 saturated heterocycles. The predicted molar refractivity (Wildman–Crippen MR) is 64.7 cm³/mol. The van der Waals surface area contributed by atoms with E-state index in [1.807, 2.05) is 11.9 Å². The molecule has 0 bridgehead atoms. The molecule has 0 saturated carbocycles. The molecule has 0 spiro atoms. The normalized spacial score (nSPS) is 20.4. The van der Waals surface area contributed by atoms with Crippen LogP contribution in [0.5, 0.6) is 0 Å². The predicted octanol–water partition coefficient (Wildman–Crippen LogP) is 1.26. The zero-order valence-corrected chi connectivity index (χ0v) is 10.8. The molecule has 0 aliphatic carbocycles. The highest BCUT2D eigenvalue weighted by Gasteiger charge is 2.25. The minimum atomic E-state index is -2.47. The van der Waals surface area contributed by atoms with E-state index >= 15 is 0 Å². The fourth-order valence-electron chi connectivity index (χ4n) is 2.25. The minimum absolute atomic E-state index is 0.00390. The van der Waals surface area contributed by atoms with E-state index in [0.717, 1.165) is 32.4 Å². The number of carbonyl (C=O) groups excluding carboxylic acids is 1. The molecule has 6 heteroatoms. The zero-order valence-electron chi connectivity index (χ0n) is 10.8. The number of halogens is 2. The van der Waals surface area contributed by atoms with Gasteiger partial charge in [-0.05, 0) is 26.3 Å². The summed E-state index contributed by atoms with van der Waals surface area (Å²) in [5.41, 5.74) is 0. The van der Waals surface area contributed by atoms with Crippen LogP contribution in [0.15, 0.2) is 0 Å². The summed E-state index contributed by atoms with van der Waals surface area (Å²) in [6.45, 7) is 1.03. The Balaban J connectivity index is 2.29. The SMILES string of the molecule is CNCC1CCCCN1C(=O)CCOCC(F)F. The van der Waals surface area contributed by atoms with Crippen LogP contribution < -0.4 is 5.32 Å². The van der Waals surface area contributed by atoms with Gasteiger partial charge in [-0.25, -0.2) is 8.78 Å². The molecule has 18 heavy (non-hydrogen) atoms. The summed E-state index contributed by atoms with van der Waals surface area (Å²) in [7, 11) is 1.86. The average molecular weight is 264 g/mol. The molecule has 4 nitrogen and oxygen atoms in total. The smallest absolute Gasteiger partial charge is 0.261 e. The van der Waals surface area contributed by atoms with Crippen molar-refractivity contribution < 1.29 is 18.3 Å². The molecule has 0 aromatic carbocycles. The molecular weight excluding hydrogens is 242 g/mol. The van der Waals surface area contributed by atoms with Crippen molar-refractivity contribution in [3.05, 3.63) is 0 Å². The van der Waals surface area contributed by atoms with Crippen LogP contribution in [0.4, 0.5) is 8.78 Å². The van der Waals surface area contributed by atoms with Gasteiger partial charge in [0.2, 0.25) is 5.91 Å². The topological polar surface area (TPSA) is 41.6 Å². The molecule has 1 N–H and O–H groups in total. The monoisotopic (exact) mass is 264 g/mol. The number of nitrogens with zero attached hydrogens (tertiary/aromatic N) is 1. The average Bonchev–Trinajstić information content (AvgIpc) is 2.35. The summed E-state index contributed by atoms with van der Waals surface area (Å²) in [6, 6.07) is 0.228. The molecule has 1 unspecified atom stereocenters. The van der Waals surface area contributed by atoms with Crippen LogP contribution in [0.25, 0.3) is 0 Å². The molecule has 1 aliphatic heterocycles. The summed E-state index contributed by atoms with van der Waals surface area (Å²) < 4.78 is 28.4. The molecule has 0 aromatic rings. The fourth-order valence-corrected chi connectivity index (χ4v) is 2.25. The van der Waals surface area contributed by atoms with Crippen molar-refractivity contribution in [3.63, 3.8) is 0 Å². The van der Waals surface area contributed by atoms with E-state index < -0.39 is 13.0 Å². The van der Waals surface area contributed by atoms with Crippen molar-refractivity contribution >= 4 is 5.91 Å².